The average molecular weight is 386 g/mol. The number of carbonyl (C=O) groups excluding carboxylic acids is 1. The standard InChI is InChI=1S/C18H15N3OS3/c1-10-4-6-13(7-5-10)21-16(22)15(25-18(21)23)8-14-12(3)19-17-20(14)9-11(2)24-17/h4-9H,1-3H3/b15-8-. The molecule has 1 amide bonds. The van der Waals surface area contributed by atoms with Gasteiger partial charge in [-0.25, -0.2) is 4.98 Å². The van der Waals surface area contributed by atoms with E-state index in [1.54, 1.807) is 16.2 Å². The Balaban J connectivity index is 1.75. The minimum Gasteiger partial charge on any atom is -0.290 e. The number of aromatic nitrogens is 2. The van der Waals surface area contributed by atoms with E-state index in [-0.39, 0.29) is 5.91 Å². The van der Waals surface area contributed by atoms with Crippen LogP contribution in [0.3, 0.4) is 0 Å². The molecule has 126 valence electrons. The molecule has 0 aliphatic carbocycles. The van der Waals surface area contributed by atoms with E-state index in [1.807, 2.05) is 54.8 Å². The molecule has 1 aromatic carbocycles. The van der Waals surface area contributed by atoms with Gasteiger partial charge in [-0.15, -0.1) is 11.3 Å². The van der Waals surface area contributed by atoms with E-state index < -0.39 is 0 Å². The second-order valence-electron chi connectivity index (χ2n) is 5.93. The Morgan fingerprint density at radius 2 is 1.88 bits per heavy atom. The molecule has 4 nitrogen and oxygen atoms in total. The number of benzene rings is 1. The van der Waals surface area contributed by atoms with Crippen molar-refractivity contribution in [2.24, 2.45) is 0 Å². The summed E-state index contributed by atoms with van der Waals surface area (Å²) in [6.45, 7) is 6.03. The van der Waals surface area contributed by atoms with Crippen LogP contribution < -0.4 is 4.90 Å². The van der Waals surface area contributed by atoms with Gasteiger partial charge in [0.2, 0.25) is 0 Å². The normalized spacial score (nSPS) is 16.6. The van der Waals surface area contributed by atoms with Crippen LogP contribution in [-0.2, 0) is 4.79 Å². The van der Waals surface area contributed by atoms with Gasteiger partial charge in [0, 0.05) is 11.1 Å². The van der Waals surface area contributed by atoms with Gasteiger partial charge in [-0.1, -0.05) is 41.7 Å². The lowest BCUT2D eigenvalue weighted by atomic mass is 10.2. The van der Waals surface area contributed by atoms with Crippen molar-refractivity contribution in [2.45, 2.75) is 20.8 Å². The Hall–Kier alpha value is -1.96. The number of fused-ring (bicyclic) bond motifs is 1. The second kappa shape index (κ2) is 6.09. The molecule has 1 aliphatic heterocycles. The fourth-order valence-electron chi connectivity index (χ4n) is 2.76. The number of thiazole rings is 1. The molecule has 3 aromatic rings. The Kier molecular flexibility index (Phi) is 4.02. The van der Waals surface area contributed by atoms with Crippen LogP contribution in [0.1, 0.15) is 21.8 Å². The highest BCUT2D eigenvalue weighted by Crippen LogP contribution is 2.36. The molecule has 1 saturated heterocycles. The average Bonchev–Trinajstić information content (AvgIpc) is 3.14. The lowest BCUT2D eigenvalue weighted by Gasteiger charge is -2.14. The summed E-state index contributed by atoms with van der Waals surface area (Å²) in [4.78, 5) is 21.8. The van der Waals surface area contributed by atoms with E-state index >= 15 is 0 Å². The molecule has 2 aromatic heterocycles. The zero-order valence-corrected chi connectivity index (χ0v) is 16.4. The Morgan fingerprint density at radius 1 is 1.16 bits per heavy atom. The number of anilines is 1. The van der Waals surface area contributed by atoms with Crippen molar-refractivity contribution in [1.29, 1.82) is 0 Å². The number of aryl methyl sites for hydroxylation is 3. The Morgan fingerprint density at radius 3 is 2.60 bits per heavy atom. The van der Waals surface area contributed by atoms with Crippen molar-refractivity contribution < 1.29 is 4.79 Å². The molecule has 0 bridgehead atoms. The largest absolute Gasteiger partial charge is 0.290 e. The van der Waals surface area contributed by atoms with Crippen molar-refractivity contribution in [1.82, 2.24) is 9.38 Å². The molecule has 0 N–H and O–H groups in total. The number of amides is 1. The molecular weight excluding hydrogens is 370 g/mol. The van der Waals surface area contributed by atoms with Gasteiger partial charge in [0.25, 0.3) is 5.91 Å². The van der Waals surface area contributed by atoms with Crippen LogP contribution in [-0.4, -0.2) is 19.6 Å². The summed E-state index contributed by atoms with van der Waals surface area (Å²) >= 11 is 8.42. The predicted octanol–water partition coefficient (Wildman–Crippen LogP) is 4.73. The number of hydrogen-bond acceptors (Lipinski definition) is 5. The predicted molar refractivity (Wildman–Crippen MR) is 109 cm³/mol. The summed E-state index contributed by atoms with van der Waals surface area (Å²) in [5.74, 6) is -0.0832. The van der Waals surface area contributed by atoms with E-state index in [0.29, 0.717) is 9.23 Å². The van der Waals surface area contributed by atoms with Gasteiger partial charge < -0.3 is 0 Å². The number of imidazole rings is 1. The van der Waals surface area contributed by atoms with Crippen molar-refractivity contribution in [3.05, 3.63) is 57.2 Å². The van der Waals surface area contributed by atoms with Crippen LogP contribution in [0.25, 0.3) is 11.0 Å². The maximum atomic E-state index is 12.9. The summed E-state index contributed by atoms with van der Waals surface area (Å²) in [7, 11) is 0. The lowest BCUT2D eigenvalue weighted by molar-refractivity contribution is -0.113. The smallest absolute Gasteiger partial charge is 0.270 e. The Bertz CT molecular complexity index is 1040. The summed E-state index contributed by atoms with van der Waals surface area (Å²) in [6.07, 6.45) is 3.95. The van der Waals surface area contributed by atoms with Gasteiger partial charge in [0.1, 0.15) is 0 Å². The first kappa shape index (κ1) is 16.5. The van der Waals surface area contributed by atoms with E-state index in [9.17, 15) is 4.79 Å². The fourth-order valence-corrected chi connectivity index (χ4v) is 4.92. The summed E-state index contributed by atoms with van der Waals surface area (Å²) < 4.78 is 2.59. The summed E-state index contributed by atoms with van der Waals surface area (Å²) in [5, 5.41) is 0. The zero-order valence-electron chi connectivity index (χ0n) is 13.9. The van der Waals surface area contributed by atoms with Crippen molar-refractivity contribution in [3.8, 4) is 0 Å². The number of thiocarbonyl (C=S) groups is 1. The molecule has 0 atom stereocenters. The van der Waals surface area contributed by atoms with E-state index in [1.165, 1.54) is 16.6 Å². The Labute approximate surface area is 159 Å². The number of rotatable bonds is 2. The third kappa shape index (κ3) is 2.82. The maximum absolute atomic E-state index is 12.9. The second-order valence-corrected chi connectivity index (χ2v) is 8.82. The van der Waals surface area contributed by atoms with Crippen LogP contribution in [0, 0.1) is 20.8 Å². The summed E-state index contributed by atoms with van der Waals surface area (Å²) in [6, 6.07) is 7.81. The SMILES string of the molecule is Cc1ccc(N2C(=O)/C(=C/c3c(C)nc4sc(C)cn34)SC2=S)cc1. The quantitative estimate of drug-likeness (QED) is 0.472. The third-order valence-electron chi connectivity index (χ3n) is 4.02. The van der Waals surface area contributed by atoms with Crippen LogP contribution in [0.5, 0.6) is 0 Å². The molecular formula is C18H15N3OS3. The zero-order chi connectivity index (χ0) is 17.7. The van der Waals surface area contributed by atoms with Crippen molar-refractivity contribution >= 4 is 62.3 Å². The van der Waals surface area contributed by atoms with E-state index in [2.05, 4.69) is 11.9 Å². The van der Waals surface area contributed by atoms with Gasteiger partial charge >= 0.3 is 0 Å². The molecule has 3 heterocycles. The topological polar surface area (TPSA) is 37.6 Å². The van der Waals surface area contributed by atoms with Gasteiger partial charge in [-0.2, -0.15) is 0 Å². The van der Waals surface area contributed by atoms with Crippen LogP contribution >= 0.6 is 35.3 Å². The number of nitrogens with zero attached hydrogens (tertiary/aromatic N) is 3. The first-order chi connectivity index (χ1) is 11.9. The van der Waals surface area contributed by atoms with Gasteiger partial charge in [0.05, 0.1) is 22.0 Å². The van der Waals surface area contributed by atoms with Crippen molar-refractivity contribution in [3.63, 3.8) is 0 Å². The van der Waals surface area contributed by atoms with Crippen LogP contribution in [0.4, 0.5) is 5.69 Å². The van der Waals surface area contributed by atoms with E-state index in [0.717, 1.165) is 27.6 Å². The molecule has 7 heteroatoms. The minimum atomic E-state index is -0.0832. The van der Waals surface area contributed by atoms with Gasteiger partial charge in [-0.3, -0.25) is 14.1 Å². The van der Waals surface area contributed by atoms with Gasteiger partial charge in [0.15, 0.2) is 9.28 Å². The number of thioether (sulfide) groups is 1. The molecule has 0 unspecified atom stereocenters. The monoisotopic (exact) mass is 385 g/mol. The first-order valence-corrected chi connectivity index (χ1v) is 9.78. The third-order valence-corrected chi connectivity index (χ3v) is 6.22. The molecule has 1 aliphatic rings. The lowest BCUT2D eigenvalue weighted by Crippen LogP contribution is -2.27. The maximum Gasteiger partial charge on any atom is 0.270 e. The van der Waals surface area contributed by atoms with Crippen LogP contribution in [0.2, 0.25) is 0 Å². The summed E-state index contributed by atoms with van der Waals surface area (Å²) in [5.41, 5.74) is 3.79. The molecule has 25 heavy (non-hydrogen) atoms. The van der Waals surface area contributed by atoms with Gasteiger partial charge in [-0.05, 0) is 39.0 Å². The molecule has 0 radical (unpaired) electrons. The minimum absolute atomic E-state index is 0.0832. The highest BCUT2D eigenvalue weighted by atomic mass is 32.2. The highest BCUT2D eigenvalue weighted by molar-refractivity contribution is 8.27. The number of hydrogen-bond donors (Lipinski definition) is 0. The highest BCUT2D eigenvalue weighted by Gasteiger charge is 2.33. The van der Waals surface area contributed by atoms with E-state index in [4.69, 9.17) is 12.2 Å². The molecule has 4 rings (SSSR count). The first-order valence-electron chi connectivity index (χ1n) is 7.74. The molecule has 0 saturated carbocycles. The molecule has 0 spiro atoms. The van der Waals surface area contributed by atoms with Crippen molar-refractivity contribution in [2.75, 3.05) is 4.90 Å². The van der Waals surface area contributed by atoms with Crippen LogP contribution in [0.15, 0.2) is 35.4 Å². The number of carbonyl (C=O) groups is 1. The molecule has 1 fully saturated rings. The fraction of sp³-hybridized carbons (Fsp3) is 0.167.